The van der Waals surface area contributed by atoms with Crippen LogP contribution in [0, 0.1) is 0 Å². The van der Waals surface area contributed by atoms with Gasteiger partial charge in [0, 0.05) is 6.54 Å². The van der Waals surface area contributed by atoms with E-state index in [0.717, 1.165) is 11.1 Å². The monoisotopic (exact) mass is 353 g/mol. The average molecular weight is 353 g/mol. The van der Waals surface area contributed by atoms with Gasteiger partial charge in [0.05, 0.1) is 19.6 Å². The highest BCUT2D eigenvalue weighted by molar-refractivity contribution is 5.87. The van der Waals surface area contributed by atoms with Crippen LogP contribution in [0.4, 0.5) is 0 Å². The van der Waals surface area contributed by atoms with Gasteiger partial charge < -0.3 is 9.47 Å². The maximum atomic E-state index is 12.7. The largest absolute Gasteiger partial charge is 0.469 e. The van der Waals surface area contributed by atoms with Crippen molar-refractivity contribution >= 4 is 11.9 Å². The first-order chi connectivity index (χ1) is 12.5. The van der Waals surface area contributed by atoms with E-state index < -0.39 is 17.5 Å². The van der Waals surface area contributed by atoms with Gasteiger partial charge in [0.25, 0.3) is 0 Å². The van der Waals surface area contributed by atoms with E-state index in [0.29, 0.717) is 6.54 Å². The zero-order valence-corrected chi connectivity index (χ0v) is 15.1. The zero-order valence-electron chi connectivity index (χ0n) is 15.1. The van der Waals surface area contributed by atoms with E-state index in [9.17, 15) is 9.59 Å². The van der Waals surface area contributed by atoms with E-state index in [-0.39, 0.29) is 19.1 Å². The van der Waals surface area contributed by atoms with Crippen LogP contribution in [0.5, 0.6) is 0 Å². The molecule has 0 amide bonds. The third-order valence-electron chi connectivity index (χ3n) is 4.92. The number of benzene rings is 2. The van der Waals surface area contributed by atoms with Gasteiger partial charge in [-0.25, -0.2) is 0 Å². The number of methoxy groups -OCH3 is 1. The van der Waals surface area contributed by atoms with Crippen molar-refractivity contribution in [3.05, 3.63) is 71.8 Å². The molecule has 136 valence electrons. The molecule has 0 aliphatic carbocycles. The topological polar surface area (TPSA) is 55.8 Å². The van der Waals surface area contributed by atoms with Gasteiger partial charge in [0.1, 0.15) is 12.1 Å². The summed E-state index contributed by atoms with van der Waals surface area (Å²) < 4.78 is 10.3. The number of rotatable bonds is 5. The number of cyclic esters (lactones) is 1. The van der Waals surface area contributed by atoms with Crippen molar-refractivity contribution in [1.82, 2.24) is 4.90 Å². The van der Waals surface area contributed by atoms with E-state index >= 15 is 0 Å². The minimum Gasteiger partial charge on any atom is -0.469 e. The van der Waals surface area contributed by atoms with Crippen molar-refractivity contribution in [3.63, 3.8) is 0 Å². The maximum Gasteiger partial charge on any atom is 0.326 e. The van der Waals surface area contributed by atoms with Crippen molar-refractivity contribution in [2.24, 2.45) is 0 Å². The van der Waals surface area contributed by atoms with Gasteiger partial charge in [-0.2, -0.15) is 0 Å². The molecule has 0 aromatic heterocycles. The lowest BCUT2D eigenvalue weighted by atomic mass is 9.88. The zero-order chi connectivity index (χ0) is 18.6. The van der Waals surface area contributed by atoms with E-state index in [1.165, 1.54) is 7.11 Å². The average Bonchev–Trinajstić information content (AvgIpc) is 2.67. The van der Waals surface area contributed by atoms with Crippen LogP contribution >= 0.6 is 0 Å². The second kappa shape index (κ2) is 7.70. The lowest BCUT2D eigenvalue weighted by Crippen LogP contribution is -2.59. The molecule has 2 aromatic carbocycles. The predicted molar refractivity (Wildman–Crippen MR) is 97.2 cm³/mol. The van der Waals surface area contributed by atoms with E-state index in [1.54, 1.807) is 6.92 Å². The number of hydrogen-bond acceptors (Lipinski definition) is 5. The molecule has 5 nitrogen and oxygen atoms in total. The van der Waals surface area contributed by atoms with E-state index in [1.807, 2.05) is 60.7 Å². The first-order valence-electron chi connectivity index (χ1n) is 8.64. The number of carbonyl (C=O) groups is 2. The Labute approximate surface area is 153 Å². The molecule has 1 fully saturated rings. The summed E-state index contributed by atoms with van der Waals surface area (Å²) >= 11 is 0. The summed E-state index contributed by atoms with van der Waals surface area (Å²) in [6.07, 6.45) is -0.0570. The third kappa shape index (κ3) is 3.63. The summed E-state index contributed by atoms with van der Waals surface area (Å²) in [5.74, 6) is -0.831. The molecule has 1 heterocycles. The normalized spacial score (nSPS) is 23.3. The van der Waals surface area contributed by atoms with Crippen LogP contribution in [0.3, 0.4) is 0 Å². The van der Waals surface area contributed by atoms with Crippen molar-refractivity contribution in [1.29, 1.82) is 0 Å². The molecule has 1 saturated heterocycles. The molecule has 0 spiro atoms. The van der Waals surface area contributed by atoms with E-state index in [2.05, 4.69) is 4.90 Å². The molecule has 0 unspecified atom stereocenters. The summed E-state index contributed by atoms with van der Waals surface area (Å²) in [5, 5.41) is 0. The summed E-state index contributed by atoms with van der Waals surface area (Å²) in [7, 11) is 1.33. The maximum absolute atomic E-state index is 12.7. The van der Waals surface area contributed by atoms with Crippen LogP contribution in [0.2, 0.25) is 0 Å². The fraction of sp³-hybridized carbons (Fsp3) is 0.333. The number of hydrogen-bond donors (Lipinski definition) is 0. The first-order valence-corrected chi connectivity index (χ1v) is 8.64. The summed E-state index contributed by atoms with van der Waals surface area (Å²) in [4.78, 5) is 26.7. The van der Waals surface area contributed by atoms with Gasteiger partial charge in [0.2, 0.25) is 0 Å². The Bertz CT molecular complexity index is 762. The van der Waals surface area contributed by atoms with Crippen LogP contribution in [-0.2, 0) is 25.6 Å². The highest BCUT2D eigenvalue weighted by atomic mass is 16.5. The first kappa shape index (κ1) is 18.1. The Balaban J connectivity index is 2.01. The lowest BCUT2D eigenvalue weighted by Gasteiger charge is -2.47. The number of nitrogens with zero attached hydrogens (tertiary/aromatic N) is 1. The van der Waals surface area contributed by atoms with Crippen LogP contribution in [0.25, 0.3) is 0 Å². The van der Waals surface area contributed by atoms with Gasteiger partial charge in [-0.05, 0) is 18.1 Å². The Morgan fingerprint density at radius 1 is 1.15 bits per heavy atom. The Morgan fingerprint density at radius 2 is 1.77 bits per heavy atom. The number of ether oxygens (including phenoxy) is 2. The molecule has 5 heteroatoms. The Hall–Kier alpha value is -2.66. The smallest absolute Gasteiger partial charge is 0.326 e. The summed E-state index contributed by atoms with van der Waals surface area (Å²) in [5.41, 5.74) is 1.02. The standard InChI is InChI=1S/C21H23NO4/c1-21(13-19(23)25-2)20(24)26-15-18(17-11-7-4-8-12-17)22(21)14-16-9-5-3-6-10-16/h3-12,18H,13-15H2,1-2H3/t18-,21+/m0/s1. The third-order valence-corrected chi connectivity index (χ3v) is 4.92. The van der Waals surface area contributed by atoms with Crippen molar-refractivity contribution in [2.75, 3.05) is 13.7 Å². The fourth-order valence-corrected chi connectivity index (χ4v) is 3.40. The SMILES string of the molecule is COC(=O)C[C@]1(C)C(=O)OC[C@@H](c2ccccc2)N1Cc1ccccc1. The van der Waals surface area contributed by atoms with Crippen LogP contribution in [0.1, 0.15) is 30.5 Å². The Morgan fingerprint density at radius 3 is 2.38 bits per heavy atom. The van der Waals surface area contributed by atoms with Gasteiger partial charge in [-0.15, -0.1) is 0 Å². The summed E-state index contributed by atoms with van der Waals surface area (Å²) in [6.45, 7) is 2.54. The van der Waals surface area contributed by atoms with Crippen molar-refractivity contribution in [3.8, 4) is 0 Å². The van der Waals surface area contributed by atoms with Crippen molar-refractivity contribution in [2.45, 2.75) is 31.5 Å². The highest BCUT2D eigenvalue weighted by Gasteiger charge is 2.50. The number of morpholine rings is 1. The van der Waals surface area contributed by atoms with Gasteiger partial charge in [-0.3, -0.25) is 14.5 Å². The quantitative estimate of drug-likeness (QED) is 0.773. The molecule has 2 aromatic rings. The molecule has 1 aliphatic rings. The second-order valence-electron chi connectivity index (χ2n) is 6.67. The molecular formula is C21H23NO4. The molecule has 2 atom stereocenters. The van der Waals surface area contributed by atoms with Gasteiger partial charge >= 0.3 is 11.9 Å². The molecule has 3 rings (SSSR count). The van der Waals surface area contributed by atoms with Crippen LogP contribution in [0.15, 0.2) is 60.7 Å². The number of esters is 2. The minimum absolute atomic E-state index is 0.0570. The molecule has 0 N–H and O–H groups in total. The van der Waals surface area contributed by atoms with Crippen molar-refractivity contribution < 1.29 is 19.1 Å². The van der Waals surface area contributed by atoms with Crippen LogP contribution in [-0.4, -0.2) is 36.1 Å². The molecule has 0 radical (unpaired) electrons. The summed E-state index contributed by atoms with van der Waals surface area (Å²) in [6, 6.07) is 19.7. The molecule has 0 bridgehead atoms. The van der Waals surface area contributed by atoms with Crippen LogP contribution < -0.4 is 0 Å². The lowest BCUT2D eigenvalue weighted by molar-refractivity contribution is -0.180. The number of carbonyl (C=O) groups excluding carboxylic acids is 2. The minimum atomic E-state index is -1.10. The molecule has 26 heavy (non-hydrogen) atoms. The Kier molecular flexibility index (Phi) is 5.38. The fourth-order valence-electron chi connectivity index (χ4n) is 3.40. The molecule has 1 aliphatic heterocycles. The van der Waals surface area contributed by atoms with E-state index in [4.69, 9.17) is 9.47 Å². The molecule has 0 saturated carbocycles. The van der Waals surface area contributed by atoms with Gasteiger partial charge in [0.15, 0.2) is 0 Å². The van der Waals surface area contributed by atoms with Gasteiger partial charge in [-0.1, -0.05) is 60.7 Å². The second-order valence-corrected chi connectivity index (χ2v) is 6.67. The highest BCUT2D eigenvalue weighted by Crippen LogP contribution is 2.37. The molecular weight excluding hydrogens is 330 g/mol. The predicted octanol–water partition coefficient (Wildman–Crippen LogP) is 3.11.